The SMILES string of the molecule is CNC(=O)c1ccc(OS(C)(=O)=O)[n+](COC(=O)Oc2ccc(/C=C/C(=O)/C=C(O)/C=C/c3ccc(O)c(OC)c3)cc2OC)c1. The van der Waals surface area contributed by atoms with Crippen molar-refractivity contribution in [3.05, 3.63) is 95.4 Å². The first-order chi connectivity index (χ1) is 21.8. The van der Waals surface area contributed by atoms with Gasteiger partial charge in [0.25, 0.3) is 5.91 Å². The molecule has 0 bridgehead atoms. The number of phenolic OH excluding ortho intramolecular Hbond substituents is 1. The molecule has 0 aliphatic heterocycles. The van der Waals surface area contributed by atoms with E-state index in [9.17, 15) is 33.0 Å². The van der Waals surface area contributed by atoms with E-state index in [0.717, 1.165) is 16.9 Å². The van der Waals surface area contributed by atoms with Crippen LogP contribution in [0, 0.1) is 0 Å². The van der Waals surface area contributed by atoms with Gasteiger partial charge in [-0.1, -0.05) is 24.3 Å². The molecule has 242 valence electrons. The highest BCUT2D eigenvalue weighted by molar-refractivity contribution is 7.86. The maximum atomic E-state index is 12.5. The Kier molecular flexibility index (Phi) is 11.9. The number of amides is 1. The van der Waals surface area contributed by atoms with E-state index >= 15 is 0 Å². The monoisotopic (exact) mass is 655 g/mol. The van der Waals surface area contributed by atoms with Gasteiger partial charge < -0.3 is 38.7 Å². The third-order valence-electron chi connectivity index (χ3n) is 5.79. The highest BCUT2D eigenvalue weighted by atomic mass is 32.2. The lowest BCUT2D eigenvalue weighted by Gasteiger charge is -2.10. The molecule has 3 aromatic rings. The number of pyridine rings is 1. The van der Waals surface area contributed by atoms with Crippen LogP contribution in [0.5, 0.6) is 28.9 Å². The second-order valence-electron chi connectivity index (χ2n) is 9.20. The Morgan fingerprint density at radius 2 is 1.57 bits per heavy atom. The molecule has 0 saturated heterocycles. The van der Waals surface area contributed by atoms with Crippen LogP contribution in [0.1, 0.15) is 21.5 Å². The number of aliphatic hydroxyl groups is 1. The molecule has 0 saturated carbocycles. The molecular weight excluding hydrogens is 624 g/mol. The van der Waals surface area contributed by atoms with Crippen LogP contribution >= 0.6 is 0 Å². The van der Waals surface area contributed by atoms with Gasteiger partial charge in [-0.2, -0.15) is 8.42 Å². The Labute approximate surface area is 264 Å². The summed E-state index contributed by atoms with van der Waals surface area (Å²) < 4.78 is 49.8. The van der Waals surface area contributed by atoms with Gasteiger partial charge in [-0.3, -0.25) is 9.59 Å². The van der Waals surface area contributed by atoms with E-state index in [1.165, 1.54) is 88.2 Å². The van der Waals surface area contributed by atoms with Gasteiger partial charge in [0.05, 0.1) is 26.5 Å². The zero-order valence-electron chi connectivity index (χ0n) is 25.1. The van der Waals surface area contributed by atoms with Crippen LogP contribution in [0.4, 0.5) is 4.79 Å². The smallest absolute Gasteiger partial charge is 0.508 e. The molecule has 3 N–H and O–H groups in total. The molecule has 1 amide bonds. The molecule has 0 spiro atoms. The van der Waals surface area contributed by atoms with Crippen LogP contribution < -0.4 is 28.3 Å². The average Bonchev–Trinajstić information content (AvgIpc) is 3.02. The molecule has 0 aliphatic carbocycles. The number of ether oxygens (including phenoxy) is 4. The number of nitrogens with zero attached hydrogens (tertiary/aromatic N) is 1. The van der Waals surface area contributed by atoms with E-state index in [0.29, 0.717) is 11.1 Å². The standard InChI is InChI=1S/C31H30N2O12S/c1-32-30(37)22-9-14-29(45-46(4,39)40)33(18-22)19-43-31(38)44-26-13-8-21(16-28(26)42-3)6-11-24(35)17-23(34)10-5-20-7-12-25(36)27(15-20)41-2/h5-18H,19H2,1-4H3,(H2-,32,34,35,36,37)/p+1/b11-6+. The largest absolute Gasteiger partial charge is 0.518 e. The number of carbonyl (C=O) groups excluding carboxylic acids is 3. The van der Waals surface area contributed by atoms with Crippen molar-refractivity contribution in [1.29, 1.82) is 0 Å². The lowest BCUT2D eigenvalue weighted by Crippen LogP contribution is -2.40. The van der Waals surface area contributed by atoms with Crippen molar-refractivity contribution in [3.8, 4) is 28.9 Å². The third-order valence-corrected chi connectivity index (χ3v) is 6.27. The van der Waals surface area contributed by atoms with Gasteiger partial charge in [0.15, 0.2) is 35.0 Å². The maximum absolute atomic E-state index is 12.5. The van der Waals surface area contributed by atoms with Gasteiger partial charge in [-0.25, -0.2) is 4.79 Å². The molecule has 0 atom stereocenters. The van der Waals surface area contributed by atoms with Crippen LogP contribution in [0.2, 0.25) is 0 Å². The van der Waals surface area contributed by atoms with Gasteiger partial charge in [-0.05, 0) is 53.6 Å². The van der Waals surface area contributed by atoms with E-state index in [2.05, 4.69) is 5.32 Å². The van der Waals surface area contributed by atoms with Gasteiger partial charge in [-0.15, -0.1) is 4.57 Å². The van der Waals surface area contributed by atoms with Gasteiger partial charge >= 0.3 is 28.9 Å². The summed E-state index contributed by atoms with van der Waals surface area (Å²) in [6.07, 6.45) is 7.38. The topological polar surface area (TPSA) is 188 Å². The number of benzene rings is 2. The minimum absolute atomic E-state index is 0.0266. The quantitative estimate of drug-likeness (QED) is 0.0464. The summed E-state index contributed by atoms with van der Waals surface area (Å²) in [5.41, 5.74) is 1.26. The first kappa shape index (κ1) is 34.7. The van der Waals surface area contributed by atoms with Crippen LogP contribution in [-0.2, 0) is 26.4 Å². The Balaban J connectivity index is 1.65. The molecule has 46 heavy (non-hydrogen) atoms. The number of aliphatic hydroxyl groups excluding tert-OH is 1. The number of rotatable bonds is 13. The average molecular weight is 656 g/mol. The molecule has 3 rings (SSSR count). The number of allylic oxidation sites excluding steroid dienone is 3. The van der Waals surface area contributed by atoms with Crippen molar-refractivity contribution < 1.29 is 60.7 Å². The van der Waals surface area contributed by atoms with Crippen LogP contribution in [0.15, 0.2) is 78.7 Å². The number of methoxy groups -OCH3 is 2. The van der Waals surface area contributed by atoms with Crippen molar-refractivity contribution in [2.45, 2.75) is 6.73 Å². The molecule has 0 unspecified atom stereocenters. The fraction of sp³-hybridized carbons (Fsp3) is 0.161. The number of ketones is 1. The van der Waals surface area contributed by atoms with Crippen molar-refractivity contribution in [2.75, 3.05) is 27.5 Å². The Bertz CT molecular complexity index is 1810. The van der Waals surface area contributed by atoms with Crippen molar-refractivity contribution in [2.24, 2.45) is 0 Å². The van der Waals surface area contributed by atoms with Gasteiger partial charge in [0, 0.05) is 13.1 Å². The van der Waals surface area contributed by atoms with Crippen LogP contribution in [-0.4, -0.2) is 64.0 Å². The fourth-order valence-electron chi connectivity index (χ4n) is 3.66. The van der Waals surface area contributed by atoms with E-state index in [1.54, 1.807) is 12.1 Å². The zero-order chi connectivity index (χ0) is 33.9. The number of phenols is 1. The molecule has 15 heteroatoms. The summed E-state index contributed by atoms with van der Waals surface area (Å²) in [6.45, 7) is -0.571. The highest BCUT2D eigenvalue weighted by Gasteiger charge is 2.22. The summed E-state index contributed by atoms with van der Waals surface area (Å²) >= 11 is 0. The van der Waals surface area contributed by atoms with Gasteiger partial charge in [0.1, 0.15) is 11.3 Å². The molecule has 0 fully saturated rings. The Morgan fingerprint density at radius 1 is 0.913 bits per heavy atom. The summed E-state index contributed by atoms with van der Waals surface area (Å²) in [5.74, 6) is -1.21. The Morgan fingerprint density at radius 3 is 2.22 bits per heavy atom. The second kappa shape index (κ2) is 15.8. The number of aromatic nitrogens is 1. The molecule has 0 aliphatic rings. The summed E-state index contributed by atoms with van der Waals surface area (Å²) in [7, 11) is 0.213. The Hall–Kier alpha value is -5.83. The van der Waals surface area contributed by atoms with Gasteiger partial charge in [0.2, 0.25) is 0 Å². The minimum atomic E-state index is -3.94. The van der Waals surface area contributed by atoms with Crippen LogP contribution in [0.3, 0.4) is 0 Å². The zero-order valence-corrected chi connectivity index (χ0v) is 25.9. The number of hydrogen-bond acceptors (Lipinski definition) is 12. The van der Waals surface area contributed by atoms with Crippen molar-refractivity contribution >= 4 is 40.1 Å². The molecule has 0 radical (unpaired) electrons. The number of carbonyl (C=O) groups is 3. The van der Waals surface area contributed by atoms with Crippen molar-refractivity contribution in [3.63, 3.8) is 0 Å². The normalized spacial score (nSPS) is 11.7. The predicted octanol–water partition coefficient (Wildman–Crippen LogP) is 3.31. The summed E-state index contributed by atoms with van der Waals surface area (Å²) in [6, 6.07) is 11.5. The summed E-state index contributed by atoms with van der Waals surface area (Å²) in [5, 5.41) is 22.2. The number of aromatic hydroxyl groups is 1. The molecule has 14 nitrogen and oxygen atoms in total. The molecule has 1 aromatic heterocycles. The fourth-order valence-corrected chi connectivity index (χ4v) is 4.12. The third kappa shape index (κ3) is 10.4. The molecular formula is C31H31N2O12S+. The number of hydrogen-bond donors (Lipinski definition) is 3. The summed E-state index contributed by atoms with van der Waals surface area (Å²) in [4.78, 5) is 36.8. The molecule has 2 aromatic carbocycles. The predicted molar refractivity (Wildman–Crippen MR) is 164 cm³/mol. The van der Waals surface area contributed by atoms with E-state index in [-0.39, 0.29) is 40.2 Å². The second-order valence-corrected chi connectivity index (χ2v) is 10.8. The first-order valence-electron chi connectivity index (χ1n) is 13.2. The maximum Gasteiger partial charge on any atom is 0.518 e. The van der Waals surface area contributed by atoms with E-state index in [1.807, 2.05) is 0 Å². The van der Waals surface area contributed by atoms with E-state index < -0.39 is 34.7 Å². The van der Waals surface area contributed by atoms with E-state index in [4.69, 9.17) is 23.1 Å². The van der Waals surface area contributed by atoms with Crippen LogP contribution in [0.25, 0.3) is 12.2 Å². The first-order valence-corrected chi connectivity index (χ1v) is 15.0. The van der Waals surface area contributed by atoms with Crippen molar-refractivity contribution in [1.82, 2.24) is 5.32 Å². The number of nitrogens with one attached hydrogen (secondary N) is 1. The minimum Gasteiger partial charge on any atom is -0.508 e. The lowest BCUT2D eigenvalue weighted by atomic mass is 10.1. The highest BCUT2D eigenvalue weighted by Crippen LogP contribution is 2.29. The lowest BCUT2D eigenvalue weighted by molar-refractivity contribution is -0.729. The molecule has 1 heterocycles.